The summed E-state index contributed by atoms with van der Waals surface area (Å²) in [6.07, 6.45) is 0. The lowest BCUT2D eigenvalue weighted by atomic mass is 10.1. The van der Waals surface area contributed by atoms with E-state index in [0.717, 1.165) is 16.0 Å². The zero-order valence-corrected chi connectivity index (χ0v) is 18.2. The van der Waals surface area contributed by atoms with Crippen LogP contribution >= 0.6 is 11.3 Å². The fourth-order valence-corrected chi connectivity index (χ4v) is 4.23. The molecule has 2 aromatic carbocycles. The van der Waals surface area contributed by atoms with E-state index in [1.807, 2.05) is 49.6 Å². The summed E-state index contributed by atoms with van der Waals surface area (Å²) in [6, 6.07) is 16.4. The van der Waals surface area contributed by atoms with Gasteiger partial charge in [0, 0.05) is 23.2 Å². The van der Waals surface area contributed by atoms with E-state index in [4.69, 9.17) is 0 Å². The number of rotatable bonds is 5. The summed E-state index contributed by atoms with van der Waals surface area (Å²) in [4.78, 5) is 40.1. The summed E-state index contributed by atoms with van der Waals surface area (Å²) in [7, 11) is 0. The first-order valence-electron chi connectivity index (χ1n) is 9.74. The van der Waals surface area contributed by atoms with E-state index in [1.165, 1.54) is 23.2 Å². The maximum atomic E-state index is 13.4. The van der Waals surface area contributed by atoms with Crippen LogP contribution in [0.2, 0.25) is 0 Å². The van der Waals surface area contributed by atoms with Gasteiger partial charge < -0.3 is 10.6 Å². The Hall–Kier alpha value is -3.71. The standard InChI is InChI=1S/C24H21N3O3S/c1-14-6-7-15(2)19(13-14)27-23(29)21(20-5-4-12-31-20)22(24(27)30)26-18-10-8-17(9-11-18)25-16(3)28/h4-13,26H,1-3H3,(H,25,28). The van der Waals surface area contributed by atoms with E-state index in [9.17, 15) is 14.4 Å². The Kier molecular flexibility index (Phi) is 5.44. The quantitative estimate of drug-likeness (QED) is 0.573. The third-order valence-electron chi connectivity index (χ3n) is 4.93. The molecule has 0 bridgehead atoms. The van der Waals surface area contributed by atoms with Crippen molar-refractivity contribution in [2.45, 2.75) is 20.8 Å². The minimum atomic E-state index is -0.395. The third-order valence-corrected chi connectivity index (χ3v) is 5.82. The summed E-state index contributed by atoms with van der Waals surface area (Å²) < 4.78 is 0. The van der Waals surface area contributed by atoms with Gasteiger partial charge in [0.25, 0.3) is 11.8 Å². The summed E-state index contributed by atoms with van der Waals surface area (Å²) in [5.74, 6) is -0.907. The van der Waals surface area contributed by atoms with Crippen molar-refractivity contribution in [3.05, 3.63) is 81.7 Å². The van der Waals surface area contributed by atoms with Crippen molar-refractivity contribution in [1.29, 1.82) is 0 Å². The van der Waals surface area contributed by atoms with Crippen LogP contribution in [0.15, 0.2) is 65.7 Å². The molecule has 0 radical (unpaired) electrons. The monoisotopic (exact) mass is 431 g/mol. The molecule has 0 fully saturated rings. The van der Waals surface area contributed by atoms with Gasteiger partial charge in [-0.2, -0.15) is 0 Å². The number of thiophene rings is 1. The van der Waals surface area contributed by atoms with Gasteiger partial charge in [-0.25, -0.2) is 4.90 Å². The third kappa shape index (κ3) is 4.00. The summed E-state index contributed by atoms with van der Waals surface area (Å²) in [6.45, 7) is 5.25. The molecular weight excluding hydrogens is 410 g/mol. The molecule has 156 valence electrons. The molecule has 2 heterocycles. The van der Waals surface area contributed by atoms with Gasteiger partial charge in [0.05, 0.1) is 11.3 Å². The zero-order chi connectivity index (χ0) is 22.1. The first-order chi connectivity index (χ1) is 14.8. The molecule has 7 heteroatoms. The van der Waals surface area contributed by atoms with Crippen molar-refractivity contribution in [2.75, 3.05) is 15.5 Å². The molecule has 3 amide bonds. The summed E-state index contributed by atoms with van der Waals surface area (Å²) >= 11 is 1.41. The number of imide groups is 1. The van der Waals surface area contributed by atoms with Crippen molar-refractivity contribution in [2.24, 2.45) is 0 Å². The van der Waals surface area contributed by atoms with Crippen molar-refractivity contribution in [1.82, 2.24) is 0 Å². The van der Waals surface area contributed by atoms with E-state index in [1.54, 1.807) is 24.3 Å². The number of benzene rings is 2. The van der Waals surface area contributed by atoms with Crippen LogP contribution in [0.3, 0.4) is 0 Å². The van der Waals surface area contributed by atoms with Gasteiger partial charge in [-0.15, -0.1) is 11.3 Å². The molecule has 0 unspecified atom stereocenters. The molecule has 0 spiro atoms. The Morgan fingerprint density at radius 2 is 1.65 bits per heavy atom. The summed E-state index contributed by atoms with van der Waals surface area (Å²) in [5, 5.41) is 7.72. The molecule has 0 aliphatic carbocycles. The number of hydrogen-bond acceptors (Lipinski definition) is 5. The Labute approximate surface area is 184 Å². The van der Waals surface area contributed by atoms with E-state index in [0.29, 0.717) is 22.6 Å². The average Bonchev–Trinajstić information content (AvgIpc) is 3.32. The van der Waals surface area contributed by atoms with Crippen LogP contribution in [0.25, 0.3) is 5.57 Å². The molecule has 2 N–H and O–H groups in total. The topological polar surface area (TPSA) is 78.5 Å². The van der Waals surface area contributed by atoms with Crippen molar-refractivity contribution < 1.29 is 14.4 Å². The van der Waals surface area contributed by atoms with Crippen LogP contribution in [0.1, 0.15) is 22.9 Å². The number of amides is 3. The molecule has 1 aliphatic rings. The van der Waals surface area contributed by atoms with Gasteiger partial charge in [0.1, 0.15) is 5.70 Å². The molecule has 1 aromatic heterocycles. The van der Waals surface area contributed by atoms with Gasteiger partial charge in [-0.05, 0) is 66.8 Å². The Bertz CT molecular complexity index is 1210. The number of hydrogen-bond donors (Lipinski definition) is 2. The van der Waals surface area contributed by atoms with Crippen LogP contribution < -0.4 is 15.5 Å². The van der Waals surface area contributed by atoms with Crippen LogP contribution in [0.5, 0.6) is 0 Å². The summed E-state index contributed by atoms with van der Waals surface area (Å²) in [5.41, 5.74) is 4.28. The van der Waals surface area contributed by atoms with Crippen molar-refractivity contribution in [3.8, 4) is 0 Å². The Morgan fingerprint density at radius 3 is 2.29 bits per heavy atom. The average molecular weight is 432 g/mol. The second-order valence-corrected chi connectivity index (χ2v) is 8.29. The molecule has 1 aliphatic heterocycles. The largest absolute Gasteiger partial charge is 0.350 e. The van der Waals surface area contributed by atoms with Gasteiger partial charge in [-0.3, -0.25) is 14.4 Å². The predicted molar refractivity (Wildman–Crippen MR) is 124 cm³/mol. The minimum absolute atomic E-state index is 0.163. The number of anilines is 3. The molecular formula is C24H21N3O3S. The number of nitrogens with zero attached hydrogens (tertiary/aromatic N) is 1. The maximum Gasteiger partial charge on any atom is 0.282 e. The van der Waals surface area contributed by atoms with Crippen LogP contribution in [-0.4, -0.2) is 17.7 Å². The highest BCUT2D eigenvalue weighted by atomic mass is 32.1. The lowest BCUT2D eigenvalue weighted by molar-refractivity contribution is -0.120. The molecule has 6 nitrogen and oxygen atoms in total. The molecule has 0 saturated carbocycles. The molecule has 31 heavy (non-hydrogen) atoms. The lowest BCUT2D eigenvalue weighted by Gasteiger charge is -2.18. The van der Waals surface area contributed by atoms with Gasteiger partial charge in [-0.1, -0.05) is 18.2 Å². The van der Waals surface area contributed by atoms with Crippen LogP contribution in [0.4, 0.5) is 17.1 Å². The van der Waals surface area contributed by atoms with E-state index >= 15 is 0 Å². The zero-order valence-electron chi connectivity index (χ0n) is 17.4. The minimum Gasteiger partial charge on any atom is -0.350 e. The lowest BCUT2D eigenvalue weighted by Crippen LogP contribution is -2.33. The molecule has 4 rings (SSSR count). The highest BCUT2D eigenvalue weighted by molar-refractivity contribution is 7.11. The van der Waals surface area contributed by atoms with Crippen molar-refractivity contribution >= 4 is 51.7 Å². The second kappa shape index (κ2) is 8.20. The van der Waals surface area contributed by atoms with Gasteiger partial charge in [0.15, 0.2) is 0 Å². The van der Waals surface area contributed by atoms with Crippen LogP contribution in [-0.2, 0) is 14.4 Å². The predicted octanol–water partition coefficient (Wildman–Crippen LogP) is 4.72. The normalized spacial score (nSPS) is 13.7. The van der Waals surface area contributed by atoms with Gasteiger partial charge >= 0.3 is 0 Å². The van der Waals surface area contributed by atoms with E-state index < -0.39 is 5.91 Å². The first kappa shape index (κ1) is 20.6. The molecule has 0 atom stereocenters. The maximum absolute atomic E-state index is 13.4. The molecule has 0 saturated heterocycles. The molecule has 3 aromatic rings. The fourth-order valence-electron chi connectivity index (χ4n) is 3.46. The fraction of sp³-hybridized carbons (Fsp3) is 0.125. The Morgan fingerprint density at radius 1 is 0.935 bits per heavy atom. The van der Waals surface area contributed by atoms with E-state index in [-0.39, 0.29) is 17.5 Å². The van der Waals surface area contributed by atoms with Gasteiger partial charge in [0.2, 0.25) is 5.91 Å². The Balaban J connectivity index is 1.74. The first-order valence-corrected chi connectivity index (χ1v) is 10.6. The smallest absolute Gasteiger partial charge is 0.282 e. The number of carbonyl (C=O) groups is 3. The number of carbonyl (C=O) groups excluding carboxylic acids is 3. The number of nitrogens with one attached hydrogen (secondary N) is 2. The second-order valence-electron chi connectivity index (χ2n) is 7.35. The van der Waals surface area contributed by atoms with Crippen molar-refractivity contribution in [3.63, 3.8) is 0 Å². The highest BCUT2D eigenvalue weighted by Crippen LogP contribution is 2.37. The number of aryl methyl sites for hydroxylation is 2. The van der Waals surface area contributed by atoms with E-state index in [2.05, 4.69) is 10.6 Å². The van der Waals surface area contributed by atoms with Crippen LogP contribution in [0, 0.1) is 13.8 Å². The highest BCUT2D eigenvalue weighted by Gasteiger charge is 2.41. The SMILES string of the molecule is CC(=O)Nc1ccc(NC2=C(c3cccs3)C(=O)N(c3cc(C)ccc3C)C2=O)cc1.